The van der Waals surface area contributed by atoms with E-state index in [0.717, 1.165) is 17.9 Å². The van der Waals surface area contributed by atoms with Crippen LogP contribution in [0.15, 0.2) is 18.2 Å². The zero-order chi connectivity index (χ0) is 16.0. The van der Waals surface area contributed by atoms with Crippen molar-refractivity contribution in [1.82, 2.24) is 0 Å². The van der Waals surface area contributed by atoms with Crippen LogP contribution >= 0.6 is 0 Å². The van der Waals surface area contributed by atoms with Crippen molar-refractivity contribution in [2.24, 2.45) is 5.41 Å². The van der Waals surface area contributed by atoms with Crippen molar-refractivity contribution >= 4 is 0 Å². The summed E-state index contributed by atoms with van der Waals surface area (Å²) in [6.07, 6.45) is 1.11. The van der Waals surface area contributed by atoms with E-state index in [4.69, 9.17) is 9.47 Å². The molecule has 0 bridgehead atoms. The van der Waals surface area contributed by atoms with Crippen LogP contribution in [0.2, 0.25) is 0 Å². The van der Waals surface area contributed by atoms with Gasteiger partial charge < -0.3 is 9.47 Å². The average molecular weight is 280 g/mol. The molecule has 0 saturated carbocycles. The van der Waals surface area contributed by atoms with Crippen molar-refractivity contribution in [1.29, 1.82) is 0 Å². The van der Waals surface area contributed by atoms with E-state index in [1.807, 2.05) is 19.9 Å². The highest BCUT2D eigenvalue weighted by Crippen LogP contribution is 2.38. The largest absolute Gasteiger partial charge is 0.497 e. The molecule has 0 aliphatic rings. The van der Waals surface area contributed by atoms with Gasteiger partial charge in [0, 0.05) is 6.07 Å². The van der Waals surface area contributed by atoms with Gasteiger partial charge in [-0.05, 0) is 34.9 Å². The fraction of sp³-hybridized carbons (Fsp3) is 0.667. The molecule has 2 nitrogen and oxygen atoms in total. The molecular formula is C18H32O2. The van der Waals surface area contributed by atoms with Crippen LogP contribution < -0.4 is 9.47 Å². The smallest absolute Gasteiger partial charge is 0.122 e. The predicted octanol–water partition coefficient (Wildman–Crippen LogP) is 5.44. The van der Waals surface area contributed by atoms with Gasteiger partial charge in [-0.15, -0.1) is 0 Å². The van der Waals surface area contributed by atoms with Crippen molar-refractivity contribution in [3.8, 4) is 11.5 Å². The lowest BCUT2D eigenvalue weighted by atomic mass is 9.72. The number of ether oxygens (including phenoxy) is 2. The van der Waals surface area contributed by atoms with Crippen LogP contribution in [0.4, 0.5) is 0 Å². The molecule has 0 N–H and O–H groups in total. The monoisotopic (exact) mass is 280 g/mol. The molecule has 0 aliphatic heterocycles. The number of hydrogen-bond donors (Lipinski definition) is 0. The number of rotatable bonds is 4. The third kappa shape index (κ3) is 5.85. The van der Waals surface area contributed by atoms with Gasteiger partial charge in [0.1, 0.15) is 11.5 Å². The van der Waals surface area contributed by atoms with Crippen LogP contribution in [-0.4, -0.2) is 14.2 Å². The van der Waals surface area contributed by atoms with Gasteiger partial charge in [-0.1, -0.05) is 48.5 Å². The Hall–Kier alpha value is -1.18. The second-order valence-electron chi connectivity index (χ2n) is 6.72. The second-order valence-corrected chi connectivity index (χ2v) is 6.72. The molecule has 2 heteroatoms. The first-order valence-corrected chi connectivity index (χ1v) is 7.41. The highest BCUT2D eigenvalue weighted by Gasteiger charge is 2.28. The van der Waals surface area contributed by atoms with Gasteiger partial charge in [-0.3, -0.25) is 0 Å². The molecule has 0 aromatic heterocycles. The fourth-order valence-corrected chi connectivity index (χ4v) is 2.63. The summed E-state index contributed by atoms with van der Waals surface area (Å²) in [6, 6.07) is 6.12. The molecule has 0 aliphatic carbocycles. The maximum Gasteiger partial charge on any atom is 0.122 e. The molecule has 0 unspecified atom stereocenters. The van der Waals surface area contributed by atoms with Gasteiger partial charge in [-0.25, -0.2) is 0 Å². The molecule has 20 heavy (non-hydrogen) atoms. The number of hydrogen-bond acceptors (Lipinski definition) is 2. The van der Waals surface area contributed by atoms with E-state index in [0.29, 0.717) is 5.41 Å². The maximum atomic E-state index is 5.34. The molecule has 0 saturated heterocycles. The van der Waals surface area contributed by atoms with E-state index in [-0.39, 0.29) is 5.41 Å². The Morgan fingerprint density at radius 3 is 1.50 bits per heavy atom. The molecule has 0 heterocycles. The van der Waals surface area contributed by atoms with Crippen molar-refractivity contribution in [3.05, 3.63) is 23.8 Å². The summed E-state index contributed by atoms with van der Waals surface area (Å²) < 4.78 is 10.7. The molecule has 1 aromatic rings. The molecule has 0 atom stereocenters. The first kappa shape index (κ1) is 18.8. The number of benzene rings is 1. The third-order valence-electron chi connectivity index (χ3n) is 3.11. The minimum Gasteiger partial charge on any atom is -0.497 e. The Morgan fingerprint density at radius 2 is 1.20 bits per heavy atom. The maximum absolute atomic E-state index is 5.34. The average Bonchev–Trinajstić information content (AvgIpc) is 2.37. The van der Waals surface area contributed by atoms with Crippen molar-refractivity contribution in [2.75, 3.05) is 14.2 Å². The lowest BCUT2D eigenvalue weighted by Crippen LogP contribution is -2.24. The van der Waals surface area contributed by atoms with Crippen molar-refractivity contribution in [3.63, 3.8) is 0 Å². The standard InChI is InChI=1S/C16H26O2.C2H6/c1-15(2,3)11-16(4,5)12-8-13(17-6)10-14(9-12)18-7;1-2/h8-10H,11H2,1-7H3;1-2H3. The van der Waals surface area contributed by atoms with E-state index >= 15 is 0 Å². The lowest BCUT2D eigenvalue weighted by Gasteiger charge is -2.33. The van der Waals surface area contributed by atoms with E-state index in [1.54, 1.807) is 14.2 Å². The zero-order valence-corrected chi connectivity index (χ0v) is 14.8. The van der Waals surface area contributed by atoms with Crippen molar-refractivity contribution in [2.45, 2.75) is 60.3 Å². The van der Waals surface area contributed by atoms with Gasteiger partial charge in [0.05, 0.1) is 14.2 Å². The minimum absolute atomic E-state index is 0.0973. The summed E-state index contributed by atoms with van der Waals surface area (Å²) >= 11 is 0. The van der Waals surface area contributed by atoms with E-state index in [1.165, 1.54) is 5.56 Å². The molecule has 0 amide bonds. The Bertz CT molecular complexity index is 378. The zero-order valence-electron chi connectivity index (χ0n) is 14.8. The molecule has 1 rings (SSSR count). The Balaban J connectivity index is 0.00000172. The Kier molecular flexibility index (Phi) is 7.12. The van der Waals surface area contributed by atoms with Crippen LogP contribution in [0.25, 0.3) is 0 Å². The SMILES string of the molecule is CC.COc1cc(OC)cc(C(C)(C)CC(C)(C)C)c1. The molecule has 0 fully saturated rings. The highest BCUT2D eigenvalue weighted by molar-refractivity contribution is 5.41. The van der Waals surface area contributed by atoms with Gasteiger partial charge in [0.25, 0.3) is 0 Å². The van der Waals surface area contributed by atoms with Crippen LogP contribution in [0.1, 0.15) is 60.5 Å². The molecule has 116 valence electrons. The highest BCUT2D eigenvalue weighted by atomic mass is 16.5. The predicted molar refractivity (Wildman–Crippen MR) is 88.0 cm³/mol. The minimum atomic E-state index is 0.0973. The summed E-state index contributed by atoms with van der Waals surface area (Å²) in [4.78, 5) is 0. The van der Waals surface area contributed by atoms with Crippen LogP contribution in [0, 0.1) is 5.41 Å². The van der Waals surface area contributed by atoms with Gasteiger partial charge in [-0.2, -0.15) is 0 Å². The van der Waals surface area contributed by atoms with Crippen molar-refractivity contribution < 1.29 is 9.47 Å². The molecular weight excluding hydrogens is 248 g/mol. The molecule has 1 aromatic carbocycles. The summed E-state index contributed by atoms with van der Waals surface area (Å²) in [5.41, 5.74) is 1.65. The summed E-state index contributed by atoms with van der Waals surface area (Å²) in [6.45, 7) is 15.4. The summed E-state index contributed by atoms with van der Waals surface area (Å²) in [5.74, 6) is 1.71. The van der Waals surface area contributed by atoms with E-state index < -0.39 is 0 Å². The van der Waals surface area contributed by atoms with Crippen LogP contribution in [0.3, 0.4) is 0 Å². The van der Waals surface area contributed by atoms with E-state index in [9.17, 15) is 0 Å². The van der Waals surface area contributed by atoms with Gasteiger partial charge in [0.15, 0.2) is 0 Å². The lowest BCUT2D eigenvalue weighted by molar-refractivity contribution is 0.282. The first-order chi connectivity index (χ1) is 9.18. The first-order valence-electron chi connectivity index (χ1n) is 7.41. The topological polar surface area (TPSA) is 18.5 Å². The molecule has 0 spiro atoms. The number of methoxy groups -OCH3 is 2. The quantitative estimate of drug-likeness (QED) is 0.730. The fourth-order valence-electron chi connectivity index (χ4n) is 2.63. The third-order valence-corrected chi connectivity index (χ3v) is 3.11. The Labute approximate surface area is 125 Å². The van der Waals surface area contributed by atoms with E-state index in [2.05, 4.69) is 46.8 Å². The van der Waals surface area contributed by atoms with Crippen LogP contribution in [0.5, 0.6) is 11.5 Å². The second kappa shape index (κ2) is 7.56. The normalized spacial score (nSPS) is 11.4. The van der Waals surface area contributed by atoms with Gasteiger partial charge in [0.2, 0.25) is 0 Å². The van der Waals surface area contributed by atoms with Crippen LogP contribution in [-0.2, 0) is 5.41 Å². The van der Waals surface area contributed by atoms with Gasteiger partial charge >= 0.3 is 0 Å². The Morgan fingerprint density at radius 1 is 0.800 bits per heavy atom. The summed E-state index contributed by atoms with van der Waals surface area (Å²) in [5, 5.41) is 0. The molecule has 0 radical (unpaired) electrons. The summed E-state index contributed by atoms with van der Waals surface area (Å²) in [7, 11) is 3.38.